The highest BCUT2D eigenvalue weighted by atomic mass is 14.6. The van der Waals surface area contributed by atoms with Crippen LogP contribution in [0.5, 0.6) is 0 Å². The van der Waals surface area contributed by atoms with Crippen LogP contribution >= 0.6 is 0 Å². The Morgan fingerprint density at radius 3 is 3.00 bits per heavy atom. The zero-order valence-corrected chi connectivity index (χ0v) is 10.0. The molecule has 0 aromatic rings. The van der Waals surface area contributed by atoms with E-state index < -0.39 is 0 Å². The number of rotatable bonds is 2. The maximum atomic E-state index is 7.61. The molecule has 0 heterocycles. The van der Waals surface area contributed by atoms with Crippen molar-refractivity contribution in [1.82, 2.24) is 0 Å². The normalized spacial score (nSPS) is 35.8. The van der Waals surface area contributed by atoms with Gasteiger partial charge in [-0.1, -0.05) is 38.2 Å². The molecule has 3 aliphatic rings. The van der Waals surface area contributed by atoms with Crippen LogP contribution in [-0.2, 0) is 0 Å². The molecule has 0 aromatic carbocycles. The van der Waals surface area contributed by atoms with Gasteiger partial charge in [0.05, 0.1) is 0 Å². The van der Waals surface area contributed by atoms with Gasteiger partial charge in [-0.15, -0.1) is 0 Å². The van der Waals surface area contributed by atoms with Gasteiger partial charge in [-0.05, 0) is 41.7 Å². The van der Waals surface area contributed by atoms with E-state index in [0.29, 0.717) is 0 Å². The molecule has 84 valence electrons. The fourth-order valence-electron chi connectivity index (χ4n) is 3.37. The molecule has 0 aliphatic heterocycles. The topological polar surface area (TPSA) is 23.9 Å². The molecule has 1 saturated carbocycles. The number of hydrogen-bond acceptors (Lipinski definition) is 1. The first-order valence-corrected chi connectivity index (χ1v) is 6.26. The molecule has 0 amide bonds. The van der Waals surface area contributed by atoms with Crippen LogP contribution in [0.2, 0.25) is 0 Å². The van der Waals surface area contributed by atoms with Gasteiger partial charge in [-0.25, -0.2) is 0 Å². The minimum Gasteiger partial charge on any atom is -0.312 e. The first kappa shape index (κ1) is 10.1. The van der Waals surface area contributed by atoms with Crippen LogP contribution in [0.1, 0.15) is 26.7 Å². The lowest BCUT2D eigenvalue weighted by Gasteiger charge is -2.27. The average molecular weight is 213 g/mol. The fraction of sp³-hybridized carbons (Fsp3) is 0.533. The van der Waals surface area contributed by atoms with Gasteiger partial charge in [0.25, 0.3) is 0 Å². The van der Waals surface area contributed by atoms with Crippen LogP contribution in [0.15, 0.2) is 35.5 Å². The van der Waals surface area contributed by atoms with E-state index in [0.717, 1.165) is 17.8 Å². The number of allylic oxidation sites excluding steroid dienone is 6. The Balaban J connectivity index is 2.05. The molecule has 0 radical (unpaired) electrons. The standard InChI is InChI=1S/C15H19N/c1-15(2,9-16)13-8-4-6-11-10-5-3-7-12(13)14(10)11/h4,6-11,14,16H,3,5H2,1-2H3. The van der Waals surface area contributed by atoms with E-state index in [-0.39, 0.29) is 5.41 Å². The van der Waals surface area contributed by atoms with Crippen molar-refractivity contribution >= 4 is 6.21 Å². The molecule has 0 saturated heterocycles. The molecule has 3 rings (SSSR count). The summed E-state index contributed by atoms with van der Waals surface area (Å²) in [6.45, 7) is 4.29. The van der Waals surface area contributed by atoms with Crippen molar-refractivity contribution in [2.75, 3.05) is 0 Å². The van der Waals surface area contributed by atoms with Gasteiger partial charge >= 0.3 is 0 Å². The van der Waals surface area contributed by atoms with Gasteiger partial charge in [0.1, 0.15) is 0 Å². The van der Waals surface area contributed by atoms with Gasteiger partial charge in [0.15, 0.2) is 0 Å². The van der Waals surface area contributed by atoms with Crippen LogP contribution < -0.4 is 0 Å². The largest absolute Gasteiger partial charge is 0.312 e. The Hall–Kier alpha value is -1.11. The number of nitrogens with one attached hydrogen (secondary N) is 1. The highest BCUT2D eigenvalue weighted by Crippen LogP contribution is 2.60. The van der Waals surface area contributed by atoms with E-state index in [1.807, 2.05) is 0 Å². The third-order valence-corrected chi connectivity index (χ3v) is 4.42. The second-order valence-electron chi connectivity index (χ2n) is 5.84. The van der Waals surface area contributed by atoms with Gasteiger partial charge in [-0.2, -0.15) is 0 Å². The zero-order valence-electron chi connectivity index (χ0n) is 10.0. The molecule has 3 unspecified atom stereocenters. The molecule has 0 bridgehead atoms. The molecular formula is C15H19N. The molecule has 1 fully saturated rings. The van der Waals surface area contributed by atoms with Crippen LogP contribution in [0.25, 0.3) is 0 Å². The molecule has 0 spiro atoms. The second-order valence-corrected chi connectivity index (χ2v) is 5.84. The lowest BCUT2D eigenvalue weighted by molar-refractivity contribution is 0.602. The summed E-state index contributed by atoms with van der Waals surface area (Å²) in [5.74, 6) is 2.48. The van der Waals surface area contributed by atoms with Crippen molar-refractivity contribution in [3.63, 3.8) is 0 Å². The smallest absolute Gasteiger partial charge is 0.0245 e. The summed E-state index contributed by atoms with van der Waals surface area (Å²) in [5.41, 5.74) is 2.79. The molecule has 3 atom stereocenters. The van der Waals surface area contributed by atoms with Gasteiger partial charge < -0.3 is 5.41 Å². The van der Waals surface area contributed by atoms with Crippen molar-refractivity contribution in [2.24, 2.45) is 23.2 Å². The molecule has 1 N–H and O–H groups in total. The molecule has 1 nitrogen and oxygen atoms in total. The summed E-state index contributed by atoms with van der Waals surface area (Å²) in [7, 11) is 0. The van der Waals surface area contributed by atoms with Crippen molar-refractivity contribution in [2.45, 2.75) is 26.7 Å². The monoisotopic (exact) mass is 213 g/mol. The van der Waals surface area contributed by atoms with E-state index in [9.17, 15) is 0 Å². The van der Waals surface area contributed by atoms with Gasteiger partial charge in [0, 0.05) is 11.6 Å². The lowest BCUT2D eigenvalue weighted by atomic mass is 9.77. The van der Waals surface area contributed by atoms with Crippen LogP contribution in [0.3, 0.4) is 0 Å². The number of fused-ring (bicyclic) bond motifs is 1. The Kier molecular flexibility index (Phi) is 2.01. The fourth-order valence-corrected chi connectivity index (χ4v) is 3.37. The minimum atomic E-state index is -0.116. The summed E-state index contributed by atoms with van der Waals surface area (Å²) in [6, 6.07) is 0. The summed E-state index contributed by atoms with van der Waals surface area (Å²) >= 11 is 0. The number of hydrogen-bond donors (Lipinski definition) is 1. The van der Waals surface area contributed by atoms with E-state index in [4.69, 9.17) is 5.41 Å². The van der Waals surface area contributed by atoms with Gasteiger partial charge in [-0.3, -0.25) is 0 Å². The lowest BCUT2D eigenvalue weighted by Crippen LogP contribution is -2.19. The van der Waals surface area contributed by atoms with E-state index in [2.05, 4.69) is 38.2 Å². The van der Waals surface area contributed by atoms with Crippen LogP contribution in [0.4, 0.5) is 0 Å². The maximum absolute atomic E-state index is 7.61. The zero-order chi connectivity index (χ0) is 11.3. The molecular weight excluding hydrogens is 194 g/mol. The van der Waals surface area contributed by atoms with E-state index >= 15 is 0 Å². The molecule has 0 aromatic heterocycles. The Labute approximate surface area is 97.4 Å². The highest BCUT2D eigenvalue weighted by Gasteiger charge is 2.53. The predicted molar refractivity (Wildman–Crippen MR) is 67.6 cm³/mol. The third-order valence-electron chi connectivity index (χ3n) is 4.42. The van der Waals surface area contributed by atoms with E-state index in [1.54, 1.807) is 11.8 Å². The van der Waals surface area contributed by atoms with Gasteiger partial charge in [0.2, 0.25) is 0 Å². The summed E-state index contributed by atoms with van der Waals surface area (Å²) in [4.78, 5) is 0. The molecule has 1 heteroatoms. The molecule has 3 aliphatic carbocycles. The Morgan fingerprint density at radius 2 is 2.25 bits per heavy atom. The Morgan fingerprint density at radius 1 is 1.44 bits per heavy atom. The SMILES string of the molecule is CC(C)(C=N)C1=CC=CC2C3CCC=C1C23. The maximum Gasteiger partial charge on any atom is 0.0245 e. The Bertz CT molecular complexity index is 423. The minimum absolute atomic E-state index is 0.116. The van der Waals surface area contributed by atoms with Crippen molar-refractivity contribution < 1.29 is 0 Å². The third kappa shape index (κ3) is 1.27. The summed E-state index contributed by atoms with van der Waals surface area (Å²) in [6.07, 6.45) is 13.4. The predicted octanol–water partition coefficient (Wildman–Crippen LogP) is 3.74. The van der Waals surface area contributed by atoms with Crippen LogP contribution in [0, 0.1) is 28.6 Å². The van der Waals surface area contributed by atoms with Crippen LogP contribution in [-0.4, -0.2) is 6.21 Å². The van der Waals surface area contributed by atoms with Crippen molar-refractivity contribution in [1.29, 1.82) is 5.41 Å². The first-order valence-electron chi connectivity index (χ1n) is 6.26. The second kappa shape index (κ2) is 3.19. The summed E-state index contributed by atoms with van der Waals surface area (Å²) in [5, 5.41) is 7.61. The quantitative estimate of drug-likeness (QED) is 0.676. The highest BCUT2D eigenvalue weighted by molar-refractivity contribution is 5.70. The van der Waals surface area contributed by atoms with Crippen molar-refractivity contribution in [3.8, 4) is 0 Å². The first-order chi connectivity index (χ1) is 7.65. The van der Waals surface area contributed by atoms with E-state index in [1.165, 1.54) is 18.4 Å². The van der Waals surface area contributed by atoms with Crippen molar-refractivity contribution in [3.05, 3.63) is 35.5 Å². The molecule has 16 heavy (non-hydrogen) atoms. The summed E-state index contributed by atoms with van der Waals surface area (Å²) < 4.78 is 0. The average Bonchev–Trinajstić information content (AvgIpc) is 3.01.